The Kier molecular flexibility index (Phi) is 6.47. The van der Waals surface area contributed by atoms with Gasteiger partial charge < -0.3 is 9.32 Å². The molecule has 0 saturated carbocycles. The zero-order valence-corrected chi connectivity index (χ0v) is 24.0. The Morgan fingerprint density at radius 3 is 1.66 bits per heavy atom. The number of hydrogen-bond donors (Lipinski definition) is 0. The summed E-state index contributed by atoms with van der Waals surface area (Å²) in [4.78, 5) is 6.95. The molecule has 0 spiro atoms. The van der Waals surface area contributed by atoms with Crippen LogP contribution in [-0.2, 0) is 0 Å². The minimum Gasteiger partial charge on any atom is -0.454 e. The predicted octanol–water partition coefficient (Wildman–Crippen LogP) is 11.5. The Hall–Kier alpha value is -5.93. The van der Waals surface area contributed by atoms with E-state index >= 15 is 0 Å². The number of para-hydroxylation sites is 2. The normalized spacial score (nSPS) is 11.2. The van der Waals surface area contributed by atoms with Gasteiger partial charge >= 0.3 is 0 Å². The number of hydrogen-bond acceptors (Lipinski definition) is 3. The number of fused-ring (bicyclic) bond motifs is 3. The maximum absolute atomic E-state index is 6.26. The van der Waals surface area contributed by atoms with Crippen molar-refractivity contribution >= 4 is 39.0 Å². The Labute approximate surface area is 256 Å². The number of anilines is 3. The molecule has 8 aromatic rings. The van der Waals surface area contributed by atoms with Crippen LogP contribution in [-0.4, -0.2) is 4.98 Å². The van der Waals surface area contributed by atoms with Crippen molar-refractivity contribution in [2.24, 2.45) is 0 Å². The fourth-order valence-electron chi connectivity index (χ4n) is 6.06. The van der Waals surface area contributed by atoms with Crippen LogP contribution < -0.4 is 4.90 Å². The number of pyridine rings is 1. The fourth-order valence-corrected chi connectivity index (χ4v) is 6.06. The van der Waals surface area contributed by atoms with Gasteiger partial charge in [-0.25, -0.2) is 0 Å². The van der Waals surface area contributed by atoms with Gasteiger partial charge in [0.25, 0.3) is 0 Å². The third kappa shape index (κ3) is 4.61. The zero-order valence-electron chi connectivity index (χ0n) is 24.0. The first kappa shape index (κ1) is 25.8. The lowest BCUT2D eigenvalue weighted by Crippen LogP contribution is -2.12. The Bertz CT molecular complexity index is 2200. The van der Waals surface area contributed by atoms with Gasteiger partial charge in [0.2, 0.25) is 0 Å². The summed E-state index contributed by atoms with van der Waals surface area (Å²) in [6.07, 6.45) is 3.75. The summed E-state index contributed by atoms with van der Waals surface area (Å²) in [6, 6.07) is 55.3. The monoisotopic (exact) mass is 564 g/mol. The average Bonchev–Trinajstić information content (AvgIpc) is 3.49. The minimum absolute atomic E-state index is 0.765. The lowest BCUT2D eigenvalue weighted by atomic mass is 9.99. The number of rotatable bonds is 6. The van der Waals surface area contributed by atoms with Crippen LogP contribution in [0.5, 0.6) is 0 Å². The Morgan fingerprint density at radius 2 is 0.955 bits per heavy atom. The molecule has 0 atom stereocenters. The van der Waals surface area contributed by atoms with Crippen molar-refractivity contribution in [2.75, 3.05) is 4.90 Å². The maximum Gasteiger partial charge on any atom is 0.155 e. The van der Waals surface area contributed by atoms with Crippen molar-refractivity contribution < 1.29 is 4.42 Å². The van der Waals surface area contributed by atoms with Gasteiger partial charge in [-0.15, -0.1) is 0 Å². The van der Waals surface area contributed by atoms with Crippen LogP contribution in [0.4, 0.5) is 17.1 Å². The largest absolute Gasteiger partial charge is 0.454 e. The molecule has 0 fully saturated rings. The third-order valence-corrected chi connectivity index (χ3v) is 8.19. The molecule has 0 amide bonds. The van der Waals surface area contributed by atoms with Gasteiger partial charge in [0.1, 0.15) is 5.58 Å². The van der Waals surface area contributed by atoms with Crippen molar-refractivity contribution in [1.82, 2.24) is 4.98 Å². The standard InChI is InChI=1S/C41H28N2O/c1-3-11-29(12-4-1)30-19-21-31(22-20-30)32-23-25-34(26-24-32)43(37-17-9-7-15-35(37)33-13-5-2-6-14-33)38-27-42-28-40-41(38)36-16-8-10-18-39(36)44-40/h1-28H. The first-order chi connectivity index (χ1) is 21.8. The molecule has 2 aromatic heterocycles. The number of nitrogens with zero attached hydrogens (tertiary/aromatic N) is 2. The van der Waals surface area contributed by atoms with Gasteiger partial charge in [0, 0.05) is 16.6 Å². The molecule has 0 bridgehead atoms. The number of benzene rings is 6. The highest BCUT2D eigenvalue weighted by atomic mass is 16.3. The number of furan rings is 1. The molecule has 0 aliphatic carbocycles. The van der Waals surface area contributed by atoms with Crippen LogP contribution in [0, 0.1) is 0 Å². The molecule has 44 heavy (non-hydrogen) atoms. The fraction of sp³-hybridized carbons (Fsp3) is 0. The van der Waals surface area contributed by atoms with E-state index in [1.165, 1.54) is 16.7 Å². The van der Waals surface area contributed by atoms with E-state index in [1.807, 2.05) is 30.6 Å². The molecule has 3 heteroatoms. The van der Waals surface area contributed by atoms with Crippen LogP contribution in [0.15, 0.2) is 175 Å². The third-order valence-electron chi connectivity index (χ3n) is 8.19. The van der Waals surface area contributed by atoms with Gasteiger partial charge in [-0.05, 0) is 52.1 Å². The topological polar surface area (TPSA) is 29.3 Å². The molecule has 3 nitrogen and oxygen atoms in total. The second-order valence-electron chi connectivity index (χ2n) is 10.8. The molecule has 0 saturated heterocycles. The summed E-state index contributed by atoms with van der Waals surface area (Å²) in [7, 11) is 0. The lowest BCUT2D eigenvalue weighted by molar-refractivity contribution is 0.667. The number of aromatic nitrogens is 1. The molecule has 208 valence electrons. The van der Waals surface area contributed by atoms with E-state index < -0.39 is 0 Å². The summed E-state index contributed by atoms with van der Waals surface area (Å²) in [6.45, 7) is 0. The van der Waals surface area contributed by atoms with E-state index in [0.717, 1.165) is 55.7 Å². The minimum atomic E-state index is 0.765. The zero-order chi connectivity index (χ0) is 29.3. The van der Waals surface area contributed by atoms with Crippen LogP contribution in [0.2, 0.25) is 0 Å². The molecule has 0 aliphatic heterocycles. The molecule has 6 aromatic carbocycles. The molecule has 2 heterocycles. The van der Waals surface area contributed by atoms with Crippen molar-refractivity contribution in [3.05, 3.63) is 170 Å². The van der Waals surface area contributed by atoms with E-state index in [2.05, 4.69) is 149 Å². The highest BCUT2D eigenvalue weighted by molar-refractivity contribution is 6.13. The Balaban J connectivity index is 1.28. The average molecular weight is 565 g/mol. The van der Waals surface area contributed by atoms with Crippen LogP contribution >= 0.6 is 0 Å². The van der Waals surface area contributed by atoms with Gasteiger partial charge in [-0.2, -0.15) is 0 Å². The molecular weight excluding hydrogens is 536 g/mol. The SMILES string of the molecule is c1ccc(-c2ccc(-c3ccc(N(c4ccccc4-c4ccccc4)c4cncc5oc6ccccc6c45)cc3)cc2)cc1. The van der Waals surface area contributed by atoms with Crippen molar-refractivity contribution in [3.8, 4) is 33.4 Å². The van der Waals surface area contributed by atoms with Crippen LogP contribution in [0.3, 0.4) is 0 Å². The second kappa shape index (κ2) is 11.0. The van der Waals surface area contributed by atoms with E-state index in [1.54, 1.807) is 0 Å². The van der Waals surface area contributed by atoms with Gasteiger partial charge in [0.05, 0.1) is 29.2 Å². The summed E-state index contributed by atoms with van der Waals surface area (Å²) in [5.41, 5.74) is 11.7. The van der Waals surface area contributed by atoms with Crippen molar-refractivity contribution in [3.63, 3.8) is 0 Å². The van der Waals surface area contributed by atoms with Gasteiger partial charge in [-0.3, -0.25) is 4.98 Å². The van der Waals surface area contributed by atoms with Crippen molar-refractivity contribution in [2.45, 2.75) is 0 Å². The summed E-state index contributed by atoms with van der Waals surface area (Å²) in [5.74, 6) is 0. The smallest absolute Gasteiger partial charge is 0.155 e. The molecular formula is C41H28N2O. The highest BCUT2D eigenvalue weighted by Crippen LogP contribution is 2.45. The quantitative estimate of drug-likeness (QED) is 0.201. The van der Waals surface area contributed by atoms with E-state index in [0.29, 0.717) is 0 Å². The summed E-state index contributed by atoms with van der Waals surface area (Å²) in [5, 5.41) is 2.11. The summed E-state index contributed by atoms with van der Waals surface area (Å²) >= 11 is 0. The van der Waals surface area contributed by atoms with E-state index in [9.17, 15) is 0 Å². The molecule has 0 N–H and O–H groups in total. The van der Waals surface area contributed by atoms with Gasteiger partial charge in [-0.1, -0.05) is 133 Å². The van der Waals surface area contributed by atoms with Crippen LogP contribution in [0.25, 0.3) is 55.3 Å². The van der Waals surface area contributed by atoms with Crippen LogP contribution in [0.1, 0.15) is 0 Å². The Morgan fingerprint density at radius 1 is 0.409 bits per heavy atom. The lowest BCUT2D eigenvalue weighted by Gasteiger charge is -2.28. The molecule has 8 rings (SSSR count). The highest BCUT2D eigenvalue weighted by Gasteiger charge is 2.22. The predicted molar refractivity (Wildman–Crippen MR) is 183 cm³/mol. The second-order valence-corrected chi connectivity index (χ2v) is 10.8. The summed E-state index contributed by atoms with van der Waals surface area (Å²) < 4.78 is 6.26. The molecule has 0 unspecified atom stereocenters. The molecule has 0 aliphatic rings. The molecule has 0 radical (unpaired) electrons. The van der Waals surface area contributed by atoms with E-state index in [4.69, 9.17) is 4.42 Å². The van der Waals surface area contributed by atoms with Crippen molar-refractivity contribution in [1.29, 1.82) is 0 Å². The van der Waals surface area contributed by atoms with E-state index in [-0.39, 0.29) is 0 Å². The van der Waals surface area contributed by atoms with Gasteiger partial charge in [0.15, 0.2) is 5.58 Å². The maximum atomic E-state index is 6.26. The first-order valence-electron chi connectivity index (χ1n) is 14.8. The first-order valence-corrected chi connectivity index (χ1v) is 14.8.